The Morgan fingerprint density at radius 3 is 2.86 bits per heavy atom. The standard InChI is InChI=1S/C17H17FN2O/c1-21-9-8-12-4-2-3-5-16(12)20-11-13-6-7-14(18)10-15(13)17(20)19/h2-7,10,19H,8-9,11H2,1H3. The Morgan fingerprint density at radius 2 is 2.05 bits per heavy atom. The van der Waals surface area contributed by atoms with Crippen molar-refractivity contribution in [2.24, 2.45) is 0 Å². The molecule has 2 aromatic carbocycles. The number of ether oxygens (including phenoxy) is 1. The molecule has 21 heavy (non-hydrogen) atoms. The average molecular weight is 284 g/mol. The van der Waals surface area contributed by atoms with E-state index in [1.165, 1.54) is 12.1 Å². The monoisotopic (exact) mass is 284 g/mol. The first kappa shape index (κ1) is 13.8. The van der Waals surface area contributed by atoms with Gasteiger partial charge in [-0.2, -0.15) is 0 Å². The van der Waals surface area contributed by atoms with Gasteiger partial charge in [0.15, 0.2) is 0 Å². The number of halogens is 1. The van der Waals surface area contributed by atoms with Gasteiger partial charge in [0.2, 0.25) is 0 Å². The Balaban J connectivity index is 1.95. The van der Waals surface area contributed by atoms with Crippen molar-refractivity contribution in [1.29, 1.82) is 5.41 Å². The molecule has 0 unspecified atom stereocenters. The lowest BCUT2D eigenvalue weighted by Crippen LogP contribution is -2.24. The fourth-order valence-electron chi connectivity index (χ4n) is 2.70. The summed E-state index contributed by atoms with van der Waals surface area (Å²) in [7, 11) is 1.68. The third kappa shape index (κ3) is 2.54. The first-order valence-electron chi connectivity index (χ1n) is 6.92. The SMILES string of the molecule is COCCc1ccccc1N1Cc2ccc(F)cc2C1=N. The van der Waals surface area contributed by atoms with Crippen LogP contribution >= 0.6 is 0 Å². The van der Waals surface area contributed by atoms with E-state index in [4.69, 9.17) is 10.1 Å². The van der Waals surface area contributed by atoms with E-state index in [2.05, 4.69) is 0 Å². The maximum atomic E-state index is 13.4. The van der Waals surface area contributed by atoms with Gasteiger partial charge in [0.05, 0.1) is 13.2 Å². The van der Waals surface area contributed by atoms with Gasteiger partial charge in [-0.1, -0.05) is 24.3 Å². The van der Waals surface area contributed by atoms with Crippen LogP contribution in [0.25, 0.3) is 0 Å². The zero-order chi connectivity index (χ0) is 14.8. The highest BCUT2D eigenvalue weighted by Gasteiger charge is 2.26. The molecule has 1 aliphatic rings. The van der Waals surface area contributed by atoms with Gasteiger partial charge >= 0.3 is 0 Å². The van der Waals surface area contributed by atoms with Crippen molar-refractivity contribution in [2.75, 3.05) is 18.6 Å². The zero-order valence-corrected chi connectivity index (χ0v) is 11.9. The molecule has 0 aliphatic carbocycles. The second-order valence-corrected chi connectivity index (χ2v) is 5.11. The number of hydrogen-bond donors (Lipinski definition) is 1. The third-order valence-electron chi connectivity index (χ3n) is 3.78. The van der Waals surface area contributed by atoms with E-state index in [-0.39, 0.29) is 5.82 Å². The van der Waals surface area contributed by atoms with Gasteiger partial charge in [-0.15, -0.1) is 0 Å². The summed E-state index contributed by atoms with van der Waals surface area (Å²) in [5, 5.41) is 8.32. The average Bonchev–Trinajstić information content (AvgIpc) is 2.82. The number of fused-ring (bicyclic) bond motifs is 1. The molecule has 0 saturated heterocycles. The quantitative estimate of drug-likeness (QED) is 0.934. The lowest BCUT2D eigenvalue weighted by Gasteiger charge is -2.21. The minimum Gasteiger partial charge on any atom is -0.384 e. The smallest absolute Gasteiger partial charge is 0.133 e. The molecule has 0 radical (unpaired) electrons. The Bertz CT molecular complexity index is 684. The van der Waals surface area contributed by atoms with Crippen LogP contribution in [-0.4, -0.2) is 19.6 Å². The second kappa shape index (κ2) is 5.66. The highest BCUT2D eigenvalue weighted by Crippen LogP contribution is 2.31. The van der Waals surface area contributed by atoms with Crippen molar-refractivity contribution in [3.63, 3.8) is 0 Å². The Morgan fingerprint density at radius 1 is 1.24 bits per heavy atom. The van der Waals surface area contributed by atoms with E-state index in [0.29, 0.717) is 24.6 Å². The molecule has 0 atom stereocenters. The van der Waals surface area contributed by atoms with Crippen LogP contribution in [0.3, 0.4) is 0 Å². The van der Waals surface area contributed by atoms with Crippen molar-refractivity contribution in [3.8, 4) is 0 Å². The van der Waals surface area contributed by atoms with Gasteiger partial charge in [-0.05, 0) is 35.7 Å². The molecular weight excluding hydrogens is 267 g/mol. The summed E-state index contributed by atoms with van der Waals surface area (Å²) in [6.07, 6.45) is 0.793. The molecule has 3 rings (SSSR count). The molecule has 1 N–H and O–H groups in total. The second-order valence-electron chi connectivity index (χ2n) is 5.11. The minimum absolute atomic E-state index is 0.298. The fraction of sp³-hybridized carbons (Fsp3) is 0.235. The Labute approximate surface area is 123 Å². The highest BCUT2D eigenvalue weighted by atomic mass is 19.1. The van der Waals surface area contributed by atoms with Crippen LogP contribution in [0.4, 0.5) is 10.1 Å². The molecule has 4 heteroatoms. The molecule has 0 fully saturated rings. The lowest BCUT2D eigenvalue weighted by atomic mass is 10.1. The van der Waals surface area contributed by atoms with E-state index in [1.54, 1.807) is 13.2 Å². The zero-order valence-electron chi connectivity index (χ0n) is 11.9. The van der Waals surface area contributed by atoms with Gasteiger partial charge in [0.1, 0.15) is 11.7 Å². The molecule has 3 nitrogen and oxygen atoms in total. The maximum Gasteiger partial charge on any atom is 0.133 e. The predicted molar refractivity (Wildman–Crippen MR) is 81.4 cm³/mol. The van der Waals surface area contributed by atoms with Gasteiger partial charge in [0.25, 0.3) is 0 Å². The van der Waals surface area contributed by atoms with E-state index in [9.17, 15) is 4.39 Å². The number of rotatable bonds is 4. The van der Waals surface area contributed by atoms with Crippen molar-refractivity contribution >= 4 is 11.5 Å². The number of amidine groups is 1. The summed E-state index contributed by atoms with van der Waals surface area (Å²) in [6, 6.07) is 12.6. The minimum atomic E-state index is -0.298. The predicted octanol–water partition coefficient (Wildman–Crippen LogP) is 3.36. The number of nitrogens with zero attached hydrogens (tertiary/aromatic N) is 1. The van der Waals surface area contributed by atoms with Crippen molar-refractivity contribution in [2.45, 2.75) is 13.0 Å². The van der Waals surface area contributed by atoms with E-state index in [1.807, 2.05) is 29.2 Å². The Kier molecular flexibility index (Phi) is 3.71. The summed E-state index contributed by atoms with van der Waals surface area (Å²) >= 11 is 0. The number of anilines is 1. The highest BCUT2D eigenvalue weighted by molar-refractivity contribution is 6.12. The molecule has 0 amide bonds. The van der Waals surface area contributed by atoms with Crippen LogP contribution in [-0.2, 0) is 17.7 Å². The van der Waals surface area contributed by atoms with Crippen molar-refractivity contribution < 1.29 is 9.13 Å². The number of benzene rings is 2. The molecule has 1 heterocycles. The van der Waals surface area contributed by atoms with Gasteiger partial charge in [-0.3, -0.25) is 5.41 Å². The largest absolute Gasteiger partial charge is 0.384 e. The van der Waals surface area contributed by atoms with E-state index < -0.39 is 0 Å². The molecular formula is C17H17FN2O. The molecule has 108 valence electrons. The first-order chi connectivity index (χ1) is 10.2. The van der Waals surface area contributed by atoms with Crippen LogP contribution in [0.15, 0.2) is 42.5 Å². The molecule has 2 aromatic rings. The summed E-state index contributed by atoms with van der Waals surface area (Å²) in [4.78, 5) is 1.93. The fourth-order valence-corrected chi connectivity index (χ4v) is 2.70. The molecule has 0 saturated carbocycles. The third-order valence-corrected chi connectivity index (χ3v) is 3.78. The van der Waals surface area contributed by atoms with E-state index >= 15 is 0 Å². The number of methoxy groups -OCH3 is 1. The maximum absolute atomic E-state index is 13.4. The molecule has 0 aromatic heterocycles. The van der Waals surface area contributed by atoms with Crippen molar-refractivity contribution in [3.05, 3.63) is 65.0 Å². The molecule has 0 spiro atoms. The topological polar surface area (TPSA) is 36.3 Å². The molecule has 1 aliphatic heterocycles. The van der Waals surface area contributed by atoms with Crippen LogP contribution in [0.5, 0.6) is 0 Å². The van der Waals surface area contributed by atoms with Gasteiger partial charge < -0.3 is 9.64 Å². The van der Waals surface area contributed by atoms with Crippen LogP contribution in [0, 0.1) is 11.2 Å². The number of para-hydroxylation sites is 1. The first-order valence-corrected chi connectivity index (χ1v) is 6.92. The lowest BCUT2D eigenvalue weighted by molar-refractivity contribution is 0.202. The van der Waals surface area contributed by atoms with Gasteiger partial charge in [0, 0.05) is 18.4 Å². The van der Waals surface area contributed by atoms with Crippen molar-refractivity contribution in [1.82, 2.24) is 0 Å². The molecule has 0 bridgehead atoms. The summed E-state index contributed by atoms with van der Waals surface area (Å²) in [6.45, 7) is 1.25. The summed E-state index contributed by atoms with van der Waals surface area (Å²) < 4.78 is 18.5. The van der Waals surface area contributed by atoms with Crippen LogP contribution in [0.2, 0.25) is 0 Å². The number of nitrogens with one attached hydrogen (secondary N) is 1. The summed E-state index contributed by atoms with van der Waals surface area (Å²) in [5.74, 6) is 0.0578. The van der Waals surface area contributed by atoms with Crippen LogP contribution in [0.1, 0.15) is 16.7 Å². The Hall–Kier alpha value is -2.20. The summed E-state index contributed by atoms with van der Waals surface area (Å²) in [5.41, 5.74) is 3.80. The normalized spacial score (nSPS) is 13.6. The van der Waals surface area contributed by atoms with E-state index in [0.717, 1.165) is 23.2 Å². The number of hydrogen-bond acceptors (Lipinski definition) is 2. The van der Waals surface area contributed by atoms with Gasteiger partial charge in [-0.25, -0.2) is 4.39 Å². The van der Waals surface area contributed by atoms with Crippen LogP contribution < -0.4 is 4.90 Å².